The van der Waals surface area contributed by atoms with Gasteiger partial charge in [-0.15, -0.1) is 0 Å². The number of thioether (sulfide) groups is 1. The lowest BCUT2D eigenvalue weighted by Crippen LogP contribution is -2.15. The molecule has 0 aliphatic heterocycles. The Bertz CT molecular complexity index is 677. The minimum absolute atomic E-state index is 0.0650. The molecule has 3 rings (SSSR count). The molecule has 0 saturated heterocycles. The summed E-state index contributed by atoms with van der Waals surface area (Å²) in [4.78, 5) is 16.7. The van der Waals surface area contributed by atoms with Crippen LogP contribution < -0.4 is 0 Å². The molecule has 0 N–H and O–H groups in total. The van der Waals surface area contributed by atoms with Crippen molar-refractivity contribution in [1.29, 1.82) is 0 Å². The Morgan fingerprint density at radius 3 is 2.86 bits per heavy atom. The van der Waals surface area contributed by atoms with E-state index in [1.54, 1.807) is 11.8 Å². The number of benzene rings is 1. The van der Waals surface area contributed by atoms with Gasteiger partial charge in [0, 0.05) is 24.5 Å². The molecule has 1 saturated carbocycles. The summed E-state index contributed by atoms with van der Waals surface area (Å²) in [6.45, 7) is 4.24. The highest BCUT2D eigenvalue weighted by Gasteiger charge is 2.23. The van der Waals surface area contributed by atoms with Crippen LogP contribution in [0, 0.1) is 13.8 Å². The average molecular weight is 314 g/mol. The molecule has 22 heavy (non-hydrogen) atoms. The van der Waals surface area contributed by atoms with Crippen molar-refractivity contribution >= 4 is 17.5 Å². The molecule has 0 bridgehead atoms. The van der Waals surface area contributed by atoms with Crippen LogP contribution in [0.25, 0.3) is 5.69 Å². The lowest BCUT2D eigenvalue weighted by Gasteiger charge is -2.14. The molecule has 116 valence electrons. The first-order chi connectivity index (χ1) is 10.6. The molecule has 0 amide bonds. The van der Waals surface area contributed by atoms with Crippen LogP contribution in [0.4, 0.5) is 0 Å². The lowest BCUT2D eigenvalue weighted by molar-refractivity contribution is -0.118. The van der Waals surface area contributed by atoms with Gasteiger partial charge in [0.05, 0.1) is 5.25 Å². The van der Waals surface area contributed by atoms with Crippen LogP contribution in [0.3, 0.4) is 0 Å². The average Bonchev–Trinajstić information content (AvgIpc) is 2.87. The van der Waals surface area contributed by atoms with E-state index in [0.29, 0.717) is 5.78 Å². The highest BCUT2D eigenvalue weighted by molar-refractivity contribution is 8.00. The number of nitrogens with zero attached hydrogens (tertiary/aromatic N) is 2. The van der Waals surface area contributed by atoms with Crippen LogP contribution in [0.2, 0.25) is 0 Å². The summed E-state index contributed by atoms with van der Waals surface area (Å²) in [6.07, 6.45) is 8.86. The smallest absolute Gasteiger partial charge is 0.173 e. The van der Waals surface area contributed by atoms with E-state index in [1.165, 1.54) is 17.5 Å². The van der Waals surface area contributed by atoms with Crippen molar-refractivity contribution in [3.8, 4) is 5.69 Å². The number of ketones is 1. The minimum atomic E-state index is 0.0650. The summed E-state index contributed by atoms with van der Waals surface area (Å²) in [7, 11) is 0. The van der Waals surface area contributed by atoms with Crippen molar-refractivity contribution in [1.82, 2.24) is 9.55 Å². The van der Waals surface area contributed by atoms with Crippen LogP contribution in [-0.2, 0) is 4.79 Å². The number of hydrogen-bond donors (Lipinski definition) is 0. The van der Waals surface area contributed by atoms with Crippen LogP contribution in [-0.4, -0.2) is 20.6 Å². The van der Waals surface area contributed by atoms with Gasteiger partial charge >= 0.3 is 0 Å². The topological polar surface area (TPSA) is 34.9 Å². The van der Waals surface area contributed by atoms with Gasteiger partial charge in [-0.3, -0.25) is 9.36 Å². The predicted molar refractivity (Wildman–Crippen MR) is 90.8 cm³/mol. The Kier molecular flexibility index (Phi) is 4.67. The van der Waals surface area contributed by atoms with Gasteiger partial charge in [-0.2, -0.15) is 0 Å². The van der Waals surface area contributed by atoms with E-state index >= 15 is 0 Å². The second kappa shape index (κ2) is 6.69. The third-order valence-electron chi connectivity index (χ3n) is 4.37. The standard InChI is InChI=1S/C18H22N2OS/c1-13-8-9-15(12-14(13)2)20-11-10-19-18(20)22-17-7-5-3-4-6-16(17)21/h8-12,17H,3-7H2,1-2H3. The van der Waals surface area contributed by atoms with Gasteiger partial charge in [-0.25, -0.2) is 4.98 Å². The number of Topliss-reactive ketones (excluding diaryl/α,β-unsaturated/α-hetero) is 1. The highest BCUT2D eigenvalue weighted by Crippen LogP contribution is 2.31. The molecule has 0 radical (unpaired) electrons. The quantitative estimate of drug-likeness (QED) is 0.783. The van der Waals surface area contributed by atoms with E-state index in [1.807, 2.05) is 12.4 Å². The molecule has 1 heterocycles. The fourth-order valence-electron chi connectivity index (χ4n) is 2.83. The van der Waals surface area contributed by atoms with E-state index in [-0.39, 0.29) is 5.25 Å². The van der Waals surface area contributed by atoms with E-state index in [0.717, 1.165) is 36.5 Å². The van der Waals surface area contributed by atoms with Crippen LogP contribution in [0.1, 0.15) is 43.2 Å². The fourth-order valence-corrected chi connectivity index (χ4v) is 4.02. The Hall–Kier alpha value is -1.55. The van der Waals surface area contributed by atoms with Gasteiger partial charge in [-0.1, -0.05) is 30.7 Å². The lowest BCUT2D eigenvalue weighted by atomic mass is 10.1. The molecule has 0 spiro atoms. The number of imidazole rings is 1. The fraction of sp³-hybridized carbons (Fsp3) is 0.444. The molecular formula is C18H22N2OS. The number of hydrogen-bond acceptors (Lipinski definition) is 3. The first-order valence-corrected chi connectivity index (χ1v) is 8.83. The summed E-state index contributed by atoms with van der Waals surface area (Å²) in [5.74, 6) is 0.386. The zero-order valence-electron chi connectivity index (χ0n) is 13.2. The van der Waals surface area contributed by atoms with Gasteiger partial charge in [0.15, 0.2) is 5.16 Å². The molecule has 3 nitrogen and oxygen atoms in total. The van der Waals surface area contributed by atoms with E-state index < -0.39 is 0 Å². The summed E-state index contributed by atoms with van der Waals surface area (Å²) in [5.41, 5.74) is 3.67. The number of carbonyl (C=O) groups excluding carboxylic acids is 1. The van der Waals surface area contributed by atoms with Gasteiger partial charge in [0.25, 0.3) is 0 Å². The van der Waals surface area contributed by atoms with Crippen molar-refractivity contribution < 1.29 is 4.79 Å². The van der Waals surface area contributed by atoms with Crippen LogP contribution in [0.15, 0.2) is 35.7 Å². The number of aromatic nitrogens is 2. The molecule has 1 atom stereocenters. The molecule has 2 aromatic rings. The van der Waals surface area contributed by atoms with Gasteiger partial charge in [0.2, 0.25) is 0 Å². The molecule has 1 aliphatic rings. The second-order valence-corrected chi connectivity index (χ2v) is 7.19. The molecule has 1 aromatic carbocycles. The number of carbonyl (C=O) groups is 1. The summed E-state index contributed by atoms with van der Waals surface area (Å²) >= 11 is 1.63. The normalized spacial score (nSPS) is 19.2. The molecule has 1 aliphatic carbocycles. The third-order valence-corrected chi connectivity index (χ3v) is 5.67. The SMILES string of the molecule is Cc1ccc(-n2ccnc2SC2CCCCCC2=O)cc1C. The minimum Gasteiger partial charge on any atom is -0.298 e. The zero-order valence-corrected chi connectivity index (χ0v) is 14.0. The maximum absolute atomic E-state index is 12.2. The van der Waals surface area contributed by atoms with E-state index in [4.69, 9.17) is 0 Å². The molecule has 1 fully saturated rings. The van der Waals surface area contributed by atoms with Crippen molar-refractivity contribution in [3.05, 3.63) is 41.7 Å². The third kappa shape index (κ3) is 3.27. The highest BCUT2D eigenvalue weighted by atomic mass is 32.2. The van der Waals surface area contributed by atoms with Crippen molar-refractivity contribution in [3.63, 3.8) is 0 Å². The summed E-state index contributed by atoms with van der Waals surface area (Å²) < 4.78 is 2.09. The maximum atomic E-state index is 12.2. The van der Waals surface area contributed by atoms with E-state index in [9.17, 15) is 4.79 Å². The Labute approximate surface area is 136 Å². The van der Waals surface area contributed by atoms with Gasteiger partial charge in [-0.05, 0) is 49.9 Å². The van der Waals surface area contributed by atoms with Crippen molar-refractivity contribution in [2.24, 2.45) is 0 Å². The summed E-state index contributed by atoms with van der Waals surface area (Å²) in [6, 6.07) is 6.43. The van der Waals surface area contributed by atoms with Gasteiger partial charge < -0.3 is 0 Å². The molecule has 1 aromatic heterocycles. The first-order valence-electron chi connectivity index (χ1n) is 7.95. The maximum Gasteiger partial charge on any atom is 0.173 e. The number of aryl methyl sites for hydroxylation is 2. The van der Waals surface area contributed by atoms with Crippen LogP contribution >= 0.6 is 11.8 Å². The Morgan fingerprint density at radius 2 is 2.05 bits per heavy atom. The largest absolute Gasteiger partial charge is 0.298 e. The van der Waals surface area contributed by atoms with Crippen molar-refractivity contribution in [2.45, 2.75) is 56.4 Å². The monoisotopic (exact) mass is 314 g/mol. The number of rotatable bonds is 3. The first kappa shape index (κ1) is 15.3. The van der Waals surface area contributed by atoms with Gasteiger partial charge in [0.1, 0.15) is 5.78 Å². The molecule has 1 unspecified atom stereocenters. The second-order valence-electron chi connectivity index (χ2n) is 6.02. The molecule has 4 heteroatoms. The predicted octanol–water partition coefficient (Wildman–Crippen LogP) is 4.48. The summed E-state index contributed by atoms with van der Waals surface area (Å²) in [5, 5.41) is 0.985. The van der Waals surface area contributed by atoms with Crippen LogP contribution in [0.5, 0.6) is 0 Å². The molecular weight excluding hydrogens is 292 g/mol. The Morgan fingerprint density at radius 1 is 1.18 bits per heavy atom. The zero-order chi connectivity index (χ0) is 15.5. The van der Waals surface area contributed by atoms with Crippen molar-refractivity contribution in [2.75, 3.05) is 0 Å². The van der Waals surface area contributed by atoms with E-state index in [2.05, 4.69) is 41.6 Å². The Balaban J connectivity index is 1.85.